The van der Waals surface area contributed by atoms with Gasteiger partial charge < -0.3 is 10.3 Å². The van der Waals surface area contributed by atoms with Crippen molar-refractivity contribution >= 4 is 5.91 Å². The molecule has 0 radical (unpaired) electrons. The van der Waals surface area contributed by atoms with Gasteiger partial charge >= 0.3 is 0 Å². The molecule has 1 heterocycles. The number of primary amides is 1. The Morgan fingerprint density at radius 2 is 2.33 bits per heavy atom. The van der Waals surface area contributed by atoms with Crippen LogP contribution in [0.5, 0.6) is 0 Å². The predicted molar refractivity (Wildman–Crippen MR) is 45.8 cm³/mol. The van der Waals surface area contributed by atoms with Gasteiger partial charge in [-0.25, -0.2) is 0 Å². The second-order valence-electron chi connectivity index (χ2n) is 3.30. The molecule has 3 nitrogen and oxygen atoms in total. The van der Waals surface area contributed by atoms with E-state index in [1.165, 1.54) is 19.3 Å². The van der Waals surface area contributed by atoms with Gasteiger partial charge in [0.05, 0.1) is 5.56 Å². The monoisotopic (exact) mass is 164 g/mol. The van der Waals surface area contributed by atoms with Gasteiger partial charge in [-0.1, -0.05) is 0 Å². The molecule has 1 aliphatic rings. The van der Waals surface area contributed by atoms with Crippen molar-refractivity contribution in [2.75, 3.05) is 0 Å². The number of carbonyl (C=O) groups is 1. The van der Waals surface area contributed by atoms with Crippen LogP contribution >= 0.6 is 0 Å². The SMILES string of the molecule is NC(=O)c1ccn(C2CCC2)c1. The first kappa shape index (κ1) is 7.40. The van der Waals surface area contributed by atoms with Crippen molar-refractivity contribution in [2.45, 2.75) is 25.3 Å². The molecule has 1 fully saturated rings. The Balaban J connectivity index is 2.17. The number of hydrogen-bond donors (Lipinski definition) is 1. The van der Waals surface area contributed by atoms with Crippen molar-refractivity contribution in [3.63, 3.8) is 0 Å². The van der Waals surface area contributed by atoms with Gasteiger partial charge in [0, 0.05) is 18.4 Å². The fraction of sp³-hybridized carbons (Fsp3) is 0.444. The topological polar surface area (TPSA) is 48.0 Å². The molecule has 1 aromatic heterocycles. The number of nitrogens with zero attached hydrogens (tertiary/aromatic N) is 1. The van der Waals surface area contributed by atoms with Crippen LogP contribution in [0.4, 0.5) is 0 Å². The van der Waals surface area contributed by atoms with Crippen LogP contribution in [-0.4, -0.2) is 10.5 Å². The smallest absolute Gasteiger partial charge is 0.250 e. The molecule has 1 amide bonds. The minimum absolute atomic E-state index is 0.340. The molecule has 2 N–H and O–H groups in total. The molecule has 2 rings (SSSR count). The highest BCUT2D eigenvalue weighted by molar-refractivity contribution is 5.92. The van der Waals surface area contributed by atoms with Gasteiger partial charge in [0.1, 0.15) is 0 Å². The molecule has 0 unspecified atom stereocenters. The minimum Gasteiger partial charge on any atom is -0.366 e. The molecule has 0 spiro atoms. The summed E-state index contributed by atoms with van der Waals surface area (Å²) in [5.74, 6) is -0.340. The molecule has 0 aromatic carbocycles. The summed E-state index contributed by atoms with van der Waals surface area (Å²) < 4.78 is 2.09. The zero-order chi connectivity index (χ0) is 8.55. The van der Waals surface area contributed by atoms with Crippen molar-refractivity contribution in [3.05, 3.63) is 24.0 Å². The third-order valence-corrected chi connectivity index (χ3v) is 2.50. The Morgan fingerprint density at radius 3 is 2.75 bits per heavy atom. The third-order valence-electron chi connectivity index (χ3n) is 2.50. The Morgan fingerprint density at radius 1 is 1.58 bits per heavy atom. The molecule has 12 heavy (non-hydrogen) atoms. The van der Waals surface area contributed by atoms with Crippen molar-refractivity contribution < 1.29 is 4.79 Å². The molecule has 1 saturated carbocycles. The van der Waals surface area contributed by atoms with E-state index in [2.05, 4.69) is 4.57 Å². The summed E-state index contributed by atoms with van der Waals surface area (Å²) in [6, 6.07) is 2.39. The number of hydrogen-bond acceptors (Lipinski definition) is 1. The Kier molecular flexibility index (Phi) is 1.64. The highest BCUT2D eigenvalue weighted by atomic mass is 16.1. The molecule has 0 saturated heterocycles. The fourth-order valence-corrected chi connectivity index (χ4v) is 1.47. The van der Waals surface area contributed by atoms with Gasteiger partial charge in [0.2, 0.25) is 5.91 Å². The number of rotatable bonds is 2. The molecule has 0 aliphatic heterocycles. The van der Waals surface area contributed by atoms with E-state index in [0.29, 0.717) is 11.6 Å². The van der Waals surface area contributed by atoms with Crippen molar-refractivity contribution in [1.82, 2.24) is 4.57 Å². The molecular formula is C9H12N2O. The van der Waals surface area contributed by atoms with Crippen LogP contribution < -0.4 is 5.73 Å². The number of carbonyl (C=O) groups excluding carboxylic acids is 1. The maximum Gasteiger partial charge on any atom is 0.250 e. The molecule has 0 atom stereocenters. The van der Waals surface area contributed by atoms with E-state index in [4.69, 9.17) is 5.73 Å². The lowest BCUT2D eigenvalue weighted by atomic mass is 9.93. The van der Waals surface area contributed by atoms with Crippen molar-refractivity contribution in [3.8, 4) is 0 Å². The summed E-state index contributed by atoms with van der Waals surface area (Å²) in [5.41, 5.74) is 5.75. The van der Waals surface area contributed by atoms with Gasteiger partial charge in [-0.3, -0.25) is 4.79 Å². The van der Waals surface area contributed by atoms with Crippen LogP contribution in [0.1, 0.15) is 35.7 Å². The van der Waals surface area contributed by atoms with Gasteiger partial charge in [0.25, 0.3) is 0 Å². The van der Waals surface area contributed by atoms with E-state index in [0.717, 1.165) is 0 Å². The van der Waals surface area contributed by atoms with E-state index >= 15 is 0 Å². The Labute approximate surface area is 71.2 Å². The predicted octanol–water partition coefficient (Wildman–Crippen LogP) is 1.31. The first-order chi connectivity index (χ1) is 5.77. The van der Waals surface area contributed by atoms with Crippen LogP contribution in [0.3, 0.4) is 0 Å². The van der Waals surface area contributed by atoms with Gasteiger partial charge in [-0.15, -0.1) is 0 Å². The summed E-state index contributed by atoms with van der Waals surface area (Å²) in [4.78, 5) is 10.8. The van der Waals surface area contributed by atoms with Crippen LogP contribution in [0.25, 0.3) is 0 Å². The van der Waals surface area contributed by atoms with Gasteiger partial charge in [-0.2, -0.15) is 0 Å². The first-order valence-electron chi connectivity index (χ1n) is 4.24. The van der Waals surface area contributed by atoms with E-state index in [1.54, 1.807) is 6.07 Å². The standard InChI is InChI=1S/C9H12N2O/c10-9(12)7-4-5-11(6-7)8-2-1-3-8/h4-6,8H,1-3H2,(H2,10,12). The first-order valence-corrected chi connectivity index (χ1v) is 4.24. The molecule has 64 valence electrons. The van der Waals surface area contributed by atoms with Gasteiger partial charge in [-0.05, 0) is 25.3 Å². The maximum atomic E-state index is 10.8. The quantitative estimate of drug-likeness (QED) is 0.703. The largest absolute Gasteiger partial charge is 0.366 e. The van der Waals surface area contributed by atoms with Crippen LogP contribution in [0, 0.1) is 0 Å². The van der Waals surface area contributed by atoms with Gasteiger partial charge in [0.15, 0.2) is 0 Å². The molecular weight excluding hydrogens is 152 g/mol. The number of nitrogens with two attached hydrogens (primary N) is 1. The second-order valence-corrected chi connectivity index (χ2v) is 3.30. The summed E-state index contributed by atoms with van der Waals surface area (Å²) in [5, 5.41) is 0. The summed E-state index contributed by atoms with van der Waals surface area (Å²) in [6.45, 7) is 0. The van der Waals surface area contributed by atoms with Crippen LogP contribution in [0.2, 0.25) is 0 Å². The zero-order valence-corrected chi connectivity index (χ0v) is 6.86. The normalized spacial score (nSPS) is 17.3. The van der Waals surface area contributed by atoms with E-state index in [-0.39, 0.29) is 5.91 Å². The molecule has 0 bridgehead atoms. The molecule has 1 aromatic rings. The summed E-state index contributed by atoms with van der Waals surface area (Å²) in [7, 11) is 0. The lowest BCUT2D eigenvalue weighted by molar-refractivity contribution is 0.1000. The molecule has 3 heteroatoms. The highest BCUT2D eigenvalue weighted by Gasteiger charge is 2.19. The highest BCUT2D eigenvalue weighted by Crippen LogP contribution is 2.31. The average molecular weight is 164 g/mol. The van der Waals surface area contributed by atoms with Crippen LogP contribution in [0.15, 0.2) is 18.5 Å². The fourth-order valence-electron chi connectivity index (χ4n) is 1.47. The van der Waals surface area contributed by atoms with E-state index in [9.17, 15) is 4.79 Å². The maximum absolute atomic E-state index is 10.8. The summed E-state index contributed by atoms with van der Waals surface area (Å²) >= 11 is 0. The summed E-state index contributed by atoms with van der Waals surface area (Å²) in [6.07, 6.45) is 7.53. The minimum atomic E-state index is -0.340. The van der Waals surface area contributed by atoms with Crippen LogP contribution in [-0.2, 0) is 0 Å². The number of aromatic nitrogens is 1. The second kappa shape index (κ2) is 2.66. The van der Waals surface area contributed by atoms with E-state index < -0.39 is 0 Å². The molecule has 1 aliphatic carbocycles. The lowest BCUT2D eigenvalue weighted by Crippen LogP contribution is -2.15. The third kappa shape index (κ3) is 1.11. The van der Waals surface area contributed by atoms with Crippen molar-refractivity contribution in [2.24, 2.45) is 5.73 Å². The lowest BCUT2D eigenvalue weighted by Gasteiger charge is -2.26. The average Bonchev–Trinajstić information content (AvgIpc) is 2.32. The Hall–Kier alpha value is -1.25. The van der Waals surface area contributed by atoms with Crippen molar-refractivity contribution in [1.29, 1.82) is 0 Å². The van der Waals surface area contributed by atoms with E-state index in [1.807, 2.05) is 12.4 Å². The Bertz CT molecular complexity index is 299. The number of amides is 1. The zero-order valence-electron chi connectivity index (χ0n) is 6.86.